The number of aliphatic hydroxyl groups is 3. The fourth-order valence-electron chi connectivity index (χ4n) is 7.93. The maximum Gasteiger partial charge on any atom is 0.259 e. The Morgan fingerprint density at radius 3 is 2.63 bits per heavy atom. The second kappa shape index (κ2) is 9.93. The lowest BCUT2D eigenvalue weighted by Gasteiger charge is -2.43. The fraction of sp³-hybridized carbons (Fsp3) is 0.586. The number of Topliss-reactive ketones (excluding diaryl/α,β-unsaturated/α-hetero) is 2. The van der Waals surface area contributed by atoms with Gasteiger partial charge in [0.1, 0.15) is 23.2 Å². The van der Waals surface area contributed by atoms with Crippen LogP contribution in [0.3, 0.4) is 0 Å². The minimum atomic E-state index is -1.23. The molecule has 10 atom stereocenters. The van der Waals surface area contributed by atoms with Crippen molar-refractivity contribution in [1.29, 1.82) is 0 Å². The van der Waals surface area contributed by atoms with Gasteiger partial charge in [-0.05, 0) is 73.3 Å². The van der Waals surface area contributed by atoms with Crippen LogP contribution in [0.4, 0.5) is 0 Å². The molecule has 0 aromatic rings. The van der Waals surface area contributed by atoms with Crippen LogP contribution in [-0.2, 0) is 19.2 Å². The summed E-state index contributed by atoms with van der Waals surface area (Å²) in [6.07, 6.45) is 8.97. The lowest BCUT2D eigenvalue weighted by molar-refractivity contribution is -0.144. The molecule has 0 radical (unpaired) electrons. The Kier molecular flexibility index (Phi) is 6.94. The van der Waals surface area contributed by atoms with Crippen molar-refractivity contribution in [3.8, 4) is 0 Å². The molecule has 2 unspecified atom stereocenters. The van der Waals surface area contributed by atoms with Crippen molar-refractivity contribution in [3.63, 3.8) is 0 Å². The molecule has 1 saturated heterocycles. The zero-order chi connectivity index (χ0) is 27.4. The van der Waals surface area contributed by atoms with Crippen LogP contribution >= 0.6 is 0 Å². The van der Waals surface area contributed by atoms with Gasteiger partial charge in [0.2, 0.25) is 5.91 Å². The van der Waals surface area contributed by atoms with Crippen LogP contribution < -0.4 is 10.6 Å². The molecule has 9 heteroatoms. The van der Waals surface area contributed by atoms with Gasteiger partial charge in [-0.3, -0.25) is 19.2 Å². The van der Waals surface area contributed by atoms with Crippen LogP contribution in [0.2, 0.25) is 0 Å². The Morgan fingerprint density at radius 1 is 1.13 bits per heavy atom. The summed E-state index contributed by atoms with van der Waals surface area (Å²) >= 11 is 0. The number of carbonyl (C=O) groups is 4. The van der Waals surface area contributed by atoms with Gasteiger partial charge in [-0.2, -0.15) is 0 Å². The number of nitrogens with one attached hydrogen (secondary N) is 2. The third-order valence-corrected chi connectivity index (χ3v) is 9.85. The van der Waals surface area contributed by atoms with Gasteiger partial charge in [-0.15, -0.1) is 6.58 Å². The molecular formula is C29H36N2O7. The minimum Gasteiger partial charge on any atom is -0.507 e. The molecule has 2 bridgehead atoms. The van der Waals surface area contributed by atoms with E-state index in [1.807, 2.05) is 13.0 Å². The molecule has 2 aliphatic heterocycles. The summed E-state index contributed by atoms with van der Waals surface area (Å²) in [7, 11) is 0. The van der Waals surface area contributed by atoms with Crippen molar-refractivity contribution in [2.24, 2.45) is 41.4 Å². The van der Waals surface area contributed by atoms with Crippen molar-refractivity contribution in [2.75, 3.05) is 6.54 Å². The van der Waals surface area contributed by atoms with E-state index < -0.39 is 46.7 Å². The fourth-order valence-corrected chi connectivity index (χ4v) is 7.93. The van der Waals surface area contributed by atoms with E-state index in [1.165, 1.54) is 12.2 Å². The minimum absolute atomic E-state index is 0.0199. The molecule has 204 valence electrons. The number of rotatable bonds is 1. The quantitative estimate of drug-likeness (QED) is 0.256. The normalized spacial score (nSPS) is 45.1. The van der Waals surface area contributed by atoms with E-state index in [0.29, 0.717) is 12.8 Å². The van der Waals surface area contributed by atoms with Crippen molar-refractivity contribution >= 4 is 23.4 Å². The smallest absolute Gasteiger partial charge is 0.259 e. The van der Waals surface area contributed by atoms with E-state index in [1.54, 1.807) is 12.2 Å². The molecule has 9 nitrogen and oxygen atoms in total. The maximum atomic E-state index is 13.6. The van der Waals surface area contributed by atoms with Crippen LogP contribution in [-0.4, -0.2) is 63.0 Å². The molecule has 4 fully saturated rings. The maximum absolute atomic E-state index is 13.6. The Hall–Kier alpha value is -3.04. The first-order valence-corrected chi connectivity index (χ1v) is 13.5. The molecular weight excluding hydrogens is 488 g/mol. The molecule has 5 rings (SSSR count). The number of ketones is 2. The Bertz CT molecular complexity index is 1160. The largest absolute Gasteiger partial charge is 0.507 e. The highest BCUT2D eigenvalue weighted by Gasteiger charge is 2.66. The predicted molar refractivity (Wildman–Crippen MR) is 137 cm³/mol. The molecule has 2 heterocycles. The highest BCUT2D eigenvalue weighted by atomic mass is 16.3. The molecule has 5 N–H and O–H groups in total. The molecule has 3 aliphatic carbocycles. The topological polar surface area (TPSA) is 153 Å². The van der Waals surface area contributed by atoms with Crippen molar-refractivity contribution in [3.05, 3.63) is 48.3 Å². The third kappa shape index (κ3) is 4.16. The summed E-state index contributed by atoms with van der Waals surface area (Å²) in [5.41, 5.74) is -1.52. The molecule has 5 aliphatic rings. The predicted octanol–water partition coefficient (Wildman–Crippen LogP) is 1.28. The van der Waals surface area contributed by atoms with Gasteiger partial charge < -0.3 is 26.0 Å². The van der Waals surface area contributed by atoms with Gasteiger partial charge in [0.25, 0.3) is 5.91 Å². The summed E-state index contributed by atoms with van der Waals surface area (Å²) in [5.74, 6) is -3.34. The van der Waals surface area contributed by atoms with Gasteiger partial charge in [0, 0.05) is 13.0 Å². The Morgan fingerprint density at radius 2 is 1.89 bits per heavy atom. The van der Waals surface area contributed by atoms with E-state index in [0.717, 1.165) is 6.42 Å². The number of amides is 2. The van der Waals surface area contributed by atoms with Gasteiger partial charge in [-0.25, -0.2) is 0 Å². The second-order valence-corrected chi connectivity index (χ2v) is 11.6. The number of fused-ring (bicyclic) bond motifs is 7. The average molecular weight is 525 g/mol. The van der Waals surface area contributed by atoms with Gasteiger partial charge in [0.15, 0.2) is 5.78 Å². The number of aliphatic hydroxyl groups excluding tert-OH is 2. The molecule has 3 saturated carbocycles. The Balaban J connectivity index is 1.50. The zero-order valence-electron chi connectivity index (χ0n) is 21.5. The van der Waals surface area contributed by atoms with E-state index in [4.69, 9.17) is 0 Å². The monoisotopic (exact) mass is 524 g/mol. The average Bonchev–Trinajstić information content (AvgIpc) is 3.43. The first-order valence-electron chi connectivity index (χ1n) is 13.5. The van der Waals surface area contributed by atoms with Gasteiger partial charge >= 0.3 is 0 Å². The van der Waals surface area contributed by atoms with Crippen LogP contribution in [0.15, 0.2) is 48.3 Å². The molecule has 0 aromatic heterocycles. The number of allylic oxidation sites excluding steroid dienone is 4. The van der Waals surface area contributed by atoms with E-state index in [9.17, 15) is 34.5 Å². The van der Waals surface area contributed by atoms with E-state index in [2.05, 4.69) is 17.2 Å². The standard InChI is InChI=1S/C29H36N2O7/c1-3-15-11-17-13-19-18-5-4-6-23(35)30-10-9-21(33)26-27(36)24(28(37)31-26)20(32)8-7-16(18)12-22(34)25(19)29(17,38)14(15)2/h3-4,6-8,14-19,21,25-26,32-33,38H,1,5,9-13H2,2H3,(H,30,35)(H,31,37)/b6-4-,8-7+,24-20?/t14-,15-,16+,17+,18-,19+,21?,25-,26?,29-/m0/s1. The lowest BCUT2D eigenvalue weighted by atomic mass is 9.61. The van der Waals surface area contributed by atoms with Gasteiger partial charge in [-0.1, -0.05) is 25.2 Å². The van der Waals surface area contributed by atoms with Crippen LogP contribution in [0, 0.1) is 41.4 Å². The number of carbonyl (C=O) groups excluding carboxylic acids is 4. The van der Waals surface area contributed by atoms with Crippen LogP contribution in [0.1, 0.15) is 39.0 Å². The van der Waals surface area contributed by atoms with Crippen LogP contribution in [0.5, 0.6) is 0 Å². The highest BCUT2D eigenvalue weighted by molar-refractivity contribution is 6.27. The summed E-state index contributed by atoms with van der Waals surface area (Å²) < 4.78 is 0. The highest BCUT2D eigenvalue weighted by Crippen LogP contribution is 2.63. The first kappa shape index (κ1) is 26.6. The van der Waals surface area contributed by atoms with E-state index >= 15 is 0 Å². The lowest BCUT2D eigenvalue weighted by Crippen LogP contribution is -2.51. The summed E-state index contributed by atoms with van der Waals surface area (Å²) in [4.78, 5) is 51.2. The number of hydrogen-bond donors (Lipinski definition) is 5. The van der Waals surface area contributed by atoms with Crippen LogP contribution in [0.25, 0.3) is 0 Å². The van der Waals surface area contributed by atoms with Crippen molar-refractivity contribution < 1.29 is 34.5 Å². The summed E-state index contributed by atoms with van der Waals surface area (Å²) in [6.45, 7) is 6.01. The summed E-state index contributed by atoms with van der Waals surface area (Å²) in [5, 5.41) is 38.1. The Labute approximate surface area is 221 Å². The van der Waals surface area contributed by atoms with Crippen molar-refractivity contribution in [1.82, 2.24) is 10.6 Å². The molecule has 38 heavy (non-hydrogen) atoms. The number of hydrogen-bond acceptors (Lipinski definition) is 7. The SMILES string of the molecule is C=C[C@H]1C[C@@H]2C[C@@H]3[C@H]4C/C=C\C(=O)NCCC(O)C5NC(=O)C(=C(O)/C=C/[C@@H]4CC(=O)[C@H]3[C@]2(O)[C@H]1C)C5=O. The molecule has 0 aromatic carbocycles. The zero-order valence-corrected chi connectivity index (χ0v) is 21.5. The molecule has 2 amide bonds. The second-order valence-electron chi connectivity index (χ2n) is 11.6. The van der Waals surface area contributed by atoms with Crippen molar-refractivity contribution in [2.45, 2.75) is 56.8 Å². The van der Waals surface area contributed by atoms with Gasteiger partial charge in [0.05, 0.1) is 17.6 Å². The van der Waals surface area contributed by atoms with E-state index in [-0.39, 0.29) is 66.6 Å². The first-order chi connectivity index (χ1) is 18.1. The third-order valence-electron chi connectivity index (χ3n) is 9.85. The summed E-state index contributed by atoms with van der Waals surface area (Å²) in [6, 6.07) is -1.21. The molecule has 0 spiro atoms.